The smallest absolute Gasteiger partial charge is 0.164 e. The number of benzene rings is 6. The van der Waals surface area contributed by atoms with Gasteiger partial charge >= 0.3 is 0 Å². The molecule has 2 heterocycles. The summed E-state index contributed by atoms with van der Waals surface area (Å²) in [5.41, 5.74) is 11.2. The van der Waals surface area contributed by atoms with E-state index >= 15 is 0 Å². The van der Waals surface area contributed by atoms with E-state index in [1.165, 1.54) is 48.7 Å². The Bertz CT molecular complexity index is 2210. The van der Waals surface area contributed by atoms with E-state index in [-0.39, 0.29) is 0 Å². The first kappa shape index (κ1) is 26.1. The minimum Gasteiger partial charge on any atom is -0.208 e. The van der Waals surface area contributed by atoms with Crippen molar-refractivity contribution in [1.82, 2.24) is 15.0 Å². The highest BCUT2D eigenvalue weighted by atomic mass is 32.2. The Morgan fingerprint density at radius 3 is 1.62 bits per heavy atom. The van der Waals surface area contributed by atoms with Gasteiger partial charge in [0.15, 0.2) is 17.5 Å². The van der Waals surface area contributed by atoms with Crippen LogP contribution in [0.15, 0.2) is 155 Å². The van der Waals surface area contributed by atoms with Crippen molar-refractivity contribution in [2.45, 2.75) is 22.1 Å². The summed E-state index contributed by atoms with van der Waals surface area (Å²) >= 11 is 1.85. The molecule has 7 aromatic rings. The average Bonchev–Trinajstić information content (AvgIpc) is 3.40. The summed E-state index contributed by atoms with van der Waals surface area (Å²) < 4.78 is 0. The maximum absolute atomic E-state index is 5.23. The van der Waals surface area contributed by atoms with E-state index in [4.69, 9.17) is 15.0 Å². The molecular formula is C41H27N3S. The normalized spacial score (nSPS) is 13.5. The van der Waals surface area contributed by atoms with Crippen LogP contribution in [0.2, 0.25) is 0 Å². The lowest BCUT2D eigenvalue weighted by molar-refractivity contribution is 0.723. The molecule has 0 saturated carbocycles. The van der Waals surface area contributed by atoms with Crippen molar-refractivity contribution < 1.29 is 0 Å². The molecule has 0 N–H and O–H groups in total. The SMILES string of the molecule is Cc1ccc(-c2nc(-c3ccccc3)nc(-c3cccc4c3C3(c5ccccc5Sc5ccccc53)c3ccccc3-4)n2)cc1. The summed E-state index contributed by atoms with van der Waals surface area (Å²) in [6, 6.07) is 51.9. The van der Waals surface area contributed by atoms with E-state index < -0.39 is 5.41 Å². The lowest BCUT2D eigenvalue weighted by Gasteiger charge is -2.40. The lowest BCUT2D eigenvalue weighted by atomic mass is 9.66. The Morgan fingerprint density at radius 1 is 0.422 bits per heavy atom. The molecule has 1 aromatic heterocycles. The van der Waals surface area contributed by atoms with Gasteiger partial charge in [0.05, 0.1) is 5.41 Å². The van der Waals surface area contributed by atoms with Gasteiger partial charge in [0.1, 0.15) is 0 Å². The molecule has 0 amide bonds. The van der Waals surface area contributed by atoms with Crippen LogP contribution in [0.3, 0.4) is 0 Å². The molecule has 0 saturated heterocycles. The number of nitrogens with zero attached hydrogens (tertiary/aromatic N) is 3. The molecular weight excluding hydrogens is 567 g/mol. The van der Waals surface area contributed by atoms with Crippen molar-refractivity contribution in [3.63, 3.8) is 0 Å². The molecule has 1 spiro atoms. The van der Waals surface area contributed by atoms with Crippen LogP contribution in [0.25, 0.3) is 45.3 Å². The van der Waals surface area contributed by atoms with Crippen molar-refractivity contribution in [2.24, 2.45) is 0 Å². The van der Waals surface area contributed by atoms with Crippen LogP contribution >= 0.6 is 11.8 Å². The van der Waals surface area contributed by atoms with Gasteiger partial charge in [0.2, 0.25) is 0 Å². The van der Waals surface area contributed by atoms with Gasteiger partial charge in [-0.1, -0.05) is 151 Å². The van der Waals surface area contributed by atoms with Gasteiger partial charge in [0.25, 0.3) is 0 Å². The van der Waals surface area contributed by atoms with Crippen LogP contribution < -0.4 is 0 Å². The zero-order chi connectivity index (χ0) is 30.0. The van der Waals surface area contributed by atoms with Crippen LogP contribution in [0.5, 0.6) is 0 Å². The van der Waals surface area contributed by atoms with E-state index in [9.17, 15) is 0 Å². The minimum atomic E-state index is -0.523. The third kappa shape index (κ3) is 3.89. The fourth-order valence-electron chi connectivity index (χ4n) is 7.15. The predicted octanol–water partition coefficient (Wildman–Crippen LogP) is 10.0. The summed E-state index contributed by atoms with van der Waals surface area (Å²) in [6.45, 7) is 2.10. The largest absolute Gasteiger partial charge is 0.208 e. The van der Waals surface area contributed by atoms with Crippen molar-refractivity contribution >= 4 is 11.8 Å². The maximum Gasteiger partial charge on any atom is 0.164 e. The Labute approximate surface area is 266 Å². The summed E-state index contributed by atoms with van der Waals surface area (Å²) in [6.07, 6.45) is 0. The first-order chi connectivity index (χ1) is 22.2. The summed E-state index contributed by atoms with van der Waals surface area (Å²) in [4.78, 5) is 18.0. The molecule has 0 radical (unpaired) electrons. The Kier molecular flexibility index (Phi) is 5.87. The minimum absolute atomic E-state index is 0.523. The molecule has 45 heavy (non-hydrogen) atoms. The van der Waals surface area contributed by atoms with Gasteiger partial charge in [0, 0.05) is 26.5 Å². The molecule has 0 bridgehead atoms. The first-order valence-electron chi connectivity index (χ1n) is 15.2. The molecule has 1 aliphatic carbocycles. The molecule has 0 fully saturated rings. The van der Waals surface area contributed by atoms with Crippen LogP contribution in [0.1, 0.15) is 27.8 Å². The van der Waals surface area contributed by atoms with Gasteiger partial charge in [-0.15, -0.1) is 0 Å². The highest BCUT2D eigenvalue weighted by Crippen LogP contribution is 2.63. The van der Waals surface area contributed by atoms with Crippen molar-refractivity contribution in [3.05, 3.63) is 173 Å². The molecule has 9 rings (SSSR count). The third-order valence-corrected chi connectivity index (χ3v) is 10.2. The number of rotatable bonds is 3. The number of hydrogen-bond acceptors (Lipinski definition) is 4. The quantitative estimate of drug-likeness (QED) is 0.204. The second kappa shape index (κ2) is 10.1. The molecule has 4 heteroatoms. The molecule has 1 aliphatic heterocycles. The maximum atomic E-state index is 5.23. The highest BCUT2D eigenvalue weighted by molar-refractivity contribution is 7.99. The fourth-order valence-corrected chi connectivity index (χ4v) is 8.34. The number of hydrogen-bond donors (Lipinski definition) is 0. The Morgan fingerprint density at radius 2 is 0.933 bits per heavy atom. The van der Waals surface area contributed by atoms with Crippen LogP contribution in [-0.2, 0) is 5.41 Å². The van der Waals surface area contributed by atoms with Crippen LogP contribution in [0.4, 0.5) is 0 Å². The second-order valence-corrected chi connectivity index (χ2v) is 12.7. The lowest BCUT2D eigenvalue weighted by Crippen LogP contribution is -2.32. The summed E-state index contributed by atoms with van der Waals surface area (Å²) in [7, 11) is 0. The van der Waals surface area contributed by atoms with Gasteiger partial charge in [-0.05, 0) is 52.4 Å². The Balaban J connectivity index is 1.40. The first-order valence-corrected chi connectivity index (χ1v) is 16.0. The van der Waals surface area contributed by atoms with Gasteiger partial charge in [-0.25, -0.2) is 15.0 Å². The molecule has 0 atom stereocenters. The van der Waals surface area contributed by atoms with Crippen molar-refractivity contribution in [2.75, 3.05) is 0 Å². The Hall–Kier alpha value is -5.32. The van der Waals surface area contributed by atoms with E-state index in [1.807, 2.05) is 30.0 Å². The van der Waals surface area contributed by atoms with E-state index in [0.29, 0.717) is 17.5 Å². The fraction of sp³-hybridized carbons (Fsp3) is 0.0488. The zero-order valence-electron chi connectivity index (χ0n) is 24.6. The monoisotopic (exact) mass is 593 g/mol. The van der Waals surface area contributed by atoms with Crippen molar-refractivity contribution in [1.29, 1.82) is 0 Å². The average molecular weight is 594 g/mol. The molecule has 3 nitrogen and oxygen atoms in total. The predicted molar refractivity (Wildman–Crippen MR) is 182 cm³/mol. The molecule has 6 aromatic carbocycles. The summed E-state index contributed by atoms with van der Waals surface area (Å²) in [5.74, 6) is 2.01. The van der Waals surface area contributed by atoms with Crippen LogP contribution in [-0.4, -0.2) is 15.0 Å². The zero-order valence-corrected chi connectivity index (χ0v) is 25.4. The summed E-state index contributed by atoms with van der Waals surface area (Å²) in [5, 5.41) is 0. The topological polar surface area (TPSA) is 38.7 Å². The van der Waals surface area contributed by atoms with Gasteiger partial charge in [-0.3, -0.25) is 0 Å². The van der Waals surface area contributed by atoms with Crippen molar-refractivity contribution in [3.8, 4) is 45.3 Å². The van der Waals surface area contributed by atoms with Gasteiger partial charge in [-0.2, -0.15) is 0 Å². The van der Waals surface area contributed by atoms with E-state index in [1.54, 1.807) is 0 Å². The van der Waals surface area contributed by atoms with Gasteiger partial charge < -0.3 is 0 Å². The number of aryl methyl sites for hydroxylation is 1. The number of fused-ring (bicyclic) bond motifs is 9. The second-order valence-electron chi connectivity index (χ2n) is 11.7. The number of aromatic nitrogens is 3. The standard InChI is InChI=1S/C41H27N3S/c1-26-22-24-28(25-23-26)39-42-38(27-12-3-2-4-13-27)43-40(44-39)31-16-11-15-30-29-14-5-6-17-32(29)41(37(30)31)33-18-7-9-20-35(33)45-36-21-10-8-19-34(36)41/h2-25H,1H3. The molecule has 2 aliphatic rings. The van der Waals surface area contributed by atoms with E-state index in [0.717, 1.165) is 16.7 Å². The molecule has 212 valence electrons. The molecule has 0 unspecified atom stereocenters. The third-order valence-electron chi connectivity index (χ3n) is 9.08. The van der Waals surface area contributed by atoms with E-state index in [2.05, 4.69) is 134 Å². The highest BCUT2D eigenvalue weighted by Gasteiger charge is 2.51. The van der Waals surface area contributed by atoms with Crippen LogP contribution in [0, 0.1) is 6.92 Å².